The van der Waals surface area contributed by atoms with Crippen molar-refractivity contribution in [3.05, 3.63) is 23.8 Å². The van der Waals surface area contributed by atoms with Gasteiger partial charge in [0.2, 0.25) is 0 Å². The summed E-state index contributed by atoms with van der Waals surface area (Å²) in [7, 11) is 0. The van der Waals surface area contributed by atoms with Crippen molar-refractivity contribution < 1.29 is 4.74 Å². The number of nitrogens with one attached hydrogen (secondary N) is 1. The summed E-state index contributed by atoms with van der Waals surface area (Å²) >= 11 is 0. The molecule has 1 atom stereocenters. The third-order valence-corrected chi connectivity index (χ3v) is 2.64. The smallest absolute Gasteiger partial charge is 0.123 e. The normalized spacial score (nSPS) is 18.4. The van der Waals surface area contributed by atoms with Crippen LogP contribution in [0.25, 0.3) is 0 Å². The Labute approximate surface area is 90.6 Å². The molecule has 0 aliphatic carbocycles. The number of benzene rings is 1. The zero-order valence-corrected chi connectivity index (χ0v) is 9.12. The molecule has 0 amide bonds. The van der Waals surface area contributed by atoms with Crippen LogP contribution in [0.3, 0.4) is 0 Å². The van der Waals surface area contributed by atoms with E-state index >= 15 is 0 Å². The summed E-state index contributed by atoms with van der Waals surface area (Å²) in [6.45, 7) is 3.76. The van der Waals surface area contributed by atoms with Gasteiger partial charge in [-0.05, 0) is 30.2 Å². The highest BCUT2D eigenvalue weighted by atomic mass is 16.5. The Hall–Kier alpha value is -1.22. The van der Waals surface area contributed by atoms with Gasteiger partial charge in [-0.25, -0.2) is 0 Å². The fourth-order valence-electron chi connectivity index (χ4n) is 1.83. The molecule has 0 fully saturated rings. The van der Waals surface area contributed by atoms with Crippen LogP contribution < -0.4 is 15.8 Å². The summed E-state index contributed by atoms with van der Waals surface area (Å²) in [6.07, 6.45) is 2.24. The Balaban J connectivity index is 2.08. The lowest BCUT2D eigenvalue weighted by Gasteiger charge is -2.06. The molecule has 2 rings (SSSR count). The van der Waals surface area contributed by atoms with Gasteiger partial charge < -0.3 is 15.8 Å². The zero-order valence-electron chi connectivity index (χ0n) is 9.12. The van der Waals surface area contributed by atoms with Crippen LogP contribution in [-0.4, -0.2) is 19.2 Å². The highest BCUT2D eigenvalue weighted by molar-refractivity contribution is 5.52. The van der Waals surface area contributed by atoms with Gasteiger partial charge in [-0.1, -0.05) is 6.92 Å². The van der Waals surface area contributed by atoms with E-state index in [0.29, 0.717) is 6.54 Å². The first-order chi connectivity index (χ1) is 7.33. The number of anilines is 1. The van der Waals surface area contributed by atoms with Gasteiger partial charge in [-0.2, -0.15) is 0 Å². The van der Waals surface area contributed by atoms with E-state index in [1.54, 1.807) is 0 Å². The molecule has 1 aliphatic rings. The summed E-state index contributed by atoms with van der Waals surface area (Å²) in [5.41, 5.74) is 8.04. The van der Waals surface area contributed by atoms with E-state index in [2.05, 4.69) is 24.4 Å². The van der Waals surface area contributed by atoms with Crippen LogP contribution in [0.5, 0.6) is 5.75 Å². The van der Waals surface area contributed by atoms with Crippen molar-refractivity contribution in [2.24, 2.45) is 5.73 Å². The van der Waals surface area contributed by atoms with E-state index in [1.807, 2.05) is 6.07 Å². The van der Waals surface area contributed by atoms with Crippen LogP contribution in [0.1, 0.15) is 18.9 Å². The largest absolute Gasteiger partial charge is 0.488 e. The van der Waals surface area contributed by atoms with Gasteiger partial charge in [0.1, 0.15) is 11.9 Å². The molecule has 1 aliphatic heterocycles. The summed E-state index contributed by atoms with van der Waals surface area (Å²) in [5.74, 6) is 0.993. The maximum atomic E-state index is 5.66. The summed E-state index contributed by atoms with van der Waals surface area (Å²) < 4.78 is 5.66. The summed E-state index contributed by atoms with van der Waals surface area (Å²) in [4.78, 5) is 0. The molecule has 1 aromatic carbocycles. The molecule has 3 heteroatoms. The quantitative estimate of drug-likeness (QED) is 0.789. The van der Waals surface area contributed by atoms with Crippen LogP contribution in [0, 0.1) is 0 Å². The van der Waals surface area contributed by atoms with Crippen molar-refractivity contribution in [2.45, 2.75) is 25.9 Å². The first-order valence-electron chi connectivity index (χ1n) is 5.57. The molecule has 3 N–H and O–H groups in total. The molecule has 0 spiro atoms. The Morgan fingerprint density at radius 3 is 3.13 bits per heavy atom. The van der Waals surface area contributed by atoms with Crippen molar-refractivity contribution >= 4 is 5.69 Å². The van der Waals surface area contributed by atoms with E-state index in [4.69, 9.17) is 10.5 Å². The first kappa shape index (κ1) is 10.3. The molecule has 0 saturated heterocycles. The van der Waals surface area contributed by atoms with E-state index < -0.39 is 0 Å². The molecule has 0 aromatic heterocycles. The van der Waals surface area contributed by atoms with Gasteiger partial charge >= 0.3 is 0 Å². The fraction of sp³-hybridized carbons (Fsp3) is 0.500. The second-order valence-electron chi connectivity index (χ2n) is 3.93. The number of nitrogens with two attached hydrogens (primary N) is 1. The van der Waals surface area contributed by atoms with Crippen LogP contribution >= 0.6 is 0 Å². The van der Waals surface area contributed by atoms with Crippen LogP contribution in [-0.2, 0) is 6.42 Å². The topological polar surface area (TPSA) is 47.3 Å². The molecule has 0 saturated carbocycles. The van der Waals surface area contributed by atoms with Gasteiger partial charge in [0.15, 0.2) is 0 Å². The molecule has 1 unspecified atom stereocenters. The maximum Gasteiger partial charge on any atom is 0.123 e. The third-order valence-electron chi connectivity index (χ3n) is 2.64. The lowest BCUT2D eigenvalue weighted by Crippen LogP contribution is -2.24. The van der Waals surface area contributed by atoms with Crippen molar-refractivity contribution in [1.29, 1.82) is 0 Å². The fourth-order valence-corrected chi connectivity index (χ4v) is 1.83. The van der Waals surface area contributed by atoms with Crippen LogP contribution in [0.4, 0.5) is 5.69 Å². The van der Waals surface area contributed by atoms with Gasteiger partial charge in [0.05, 0.1) is 0 Å². The second kappa shape index (κ2) is 4.53. The minimum atomic E-state index is 0.168. The molecule has 1 heterocycles. The van der Waals surface area contributed by atoms with Crippen molar-refractivity contribution in [1.82, 2.24) is 0 Å². The SMILES string of the molecule is CCCNc1ccc2c(c1)CC(CN)O2. The number of fused-ring (bicyclic) bond motifs is 1. The molecular weight excluding hydrogens is 188 g/mol. The second-order valence-corrected chi connectivity index (χ2v) is 3.93. The highest BCUT2D eigenvalue weighted by Crippen LogP contribution is 2.30. The first-order valence-corrected chi connectivity index (χ1v) is 5.57. The van der Waals surface area contributed by atoms with Gasteiger partial charge in [0.25, 0.3) is 0 Å². The summed E-state index contributed by atoms with van der Waals surface area (Å²) in [6, 6.07) is 6.26. The van der Waals surface area contributed by atoms with E-state index in [0.717, 1.165) is 25.1 Å². The Bertz CT molecular complexity index is 338. The molecule has 0 bridgehead atoms. The molecule has 82 valence electrons. The van der Waals surface area contributed by atoms with Crippen LogP contribution in [0.15, 0.2) is 18.2 Å². The Morgan fingerprint density at radius 1 is 1.53 bits per heavy atom. The highest BCUT2D eigenvalue weighted by Gasteiger charge is 2.21. The lowest BCUT2D eigenvalue weighted by atomic mass is 10.1. The third kappa shape index (κ3) is 2.23. The summed E-state index contributed by atoms with van der Waals surface area (Å²) in [5, 5.41) is 3.37. The minimum Gasteiger partial charge on any atom is -0.488 e. The Morgan fingerprint density at radius 2 is 2.40 bits per heavy atom. The number of rotatable bonds is 4. The predicted octanol–water partition coefficient (Wildman–Crippen LogP) is 1.77. The monoisotopic (exact) mass is 206 g/mol. The zero-order chi connectivity index (χ0) is 10.7. The number of hydrogen-bond acceptors (Lipinski definition) is 3. The number of hydrogen-bond donors (Lipinski definition) is 2. The number of ether oxygens (including phenoxy) is 1. The molecular formula is C12H18N2O. The molecule has 3 nitrogen and oxygen atoms in total. The average molecular weight is 206 g/mol. The minimum absolute atomic E-state index is 0.168. The molecule has 15 heavy (non-hydrogen) atoms. The standard InChI is InChI=1S/C12H18N2O/c1-2-5-14-10-3-4-12-9(6-10)7-11(8-13)15-12/h3-4,6,11,14H,2,5,7-8,13H2,1H3. The van der Waals surface area contributed by atoms with E-state index in [9.17, 15) is 0 Å². The van der Waals surface area contributed by atoms with E-state index in [-0.39, 0.29) is 6.10 Å². The predicted molar refractivity (Wildman–Crippen MR) is 62.4 cm³/mol. The van der Waals surface area contributed by atoms with Crippen molar-refractivity contribution in [3.63, 3.8) is 0 Å². The van der Waals surface area contributed by atoms with E-state index in [1.165, 1.54) is 11.3 Å². The van der Waals surface area contributed by atoms with Gasteiger partial charge in [-0.3, -0.25) is 0 Å². The Kier molecular flexibility index (Phi) is 3.11. The average Bonchev–Trinajstić information content (AvgIpc) is 2.68. The van der Waals surface area contributed by atoms with Gasteiger partial charge in [-0.15, -0.1) is 0 Å². The van der Waals surface area contributed by atoms with Gasteiger partial charge in [0, 0.05) is 25.2 Å². The van der Waals surface area contributed by atoms with Crippen molar-refractivity contribution in [3.8, 4) is 5.75 Å². The lowest BCUT2D eigenvalue weighted by molar-refractivity contribution is 0.241. The molecule has 0 radical (unpaired) electrons. The molecule has 1 aromatic rings. The van der Waals surface area contributed by atoms with Crippen LogP contribution in [0.2, 0.25) is 0 Å². The maximum absolute atomic E-state index is 5.66. The van der Waals surface area contributed by atoms with Crippen molar-refractivity contribution in [2.75, 3.05) is 18.4 Å².